The van der Waals surface area contributed by atoms with Gasteiger partial charge in [0.2, 0.25) is 15.9 Å². The largest absolute Gasteiger partial charge is 0.489 e. The molecule has 10 heteroatoms. The molecule has 1 aliphatic heterocycles. The molecular formula is C20H23BrN2O6S. The summed E-state index contributed by atoms with van der Waals surface area (Å²) in [5, 5.41) is 2.70. The number of rotatable bonds is 7. The molecule has 0 bridgehead atoms. The molecule has 3 rings (SSSR count). The molecule has 0 aliphatic carbocycles. The van der Waals surface area contributed by atoms with Crippen molar-refractivity contribution < 1.29 is 27.1 Å². The number of nitrogens with one attached hydrogen (secondary N) is 1. The van der Waals surface area contributed by atoms with E-state index in [-0.39, 0.29) is 29.8 Å². The van der Waals surface area contributed by atoms with Gasteiger partial charge in [0, 0.05) is 19.2 Å². The molecule has 0 spiro atoms. The zero-order chi connectivity index (χ0) is 21.7. The smallest absolute Gasteiger partial charge is 0.248 e. The van der Waals surface area contributed by atoms with Crippen molar-refractivity contribution in [2.24, 2.45) is 0 Å². The average molecular weight is 499 g/mol. The highest BCUT2D eigenvalue weighted by Gasteiger charge is 2.27. The normalized spacial score (nSPS) is 15.6. The molecule has 1 aromatic carbocycles. The highest BCUT2D eigenvalue weighted by Crippen LogP contribution is 2.30. The summed E-state index contributed by atoms with van der Waals surface area (Å²) in [5.41, 5.74) is 0.272. The second kappa shape index (κ2) is 9.78. The lowest BCUT2D eigenvalue weighted by Gasteiger charge is -2.26. The number of morpholine rings is 1. The van der Waals surface area contributed by atoms with Gasteiger partial charge in [-0.15, -0.1) is 0 Å². The van der Waals surface area contributed by atoms with Crippen LogP contribution in [0.4, 0.5) is 5.69 Å². The maximum atomic E-state index is 13.0. The van der Waals surface area contributed by atoms with E-state index in [1.807, 2.05) is 13.8 Å². The zero-order valence-electron chi connectivity index (χ0n) is 16.6. The predicted molar refractivity (Wildman–Crippen MR) is 116 cm³/mol. The molecule has 0 saturated carbocycles. The van der Waals surface area contributed by atoms with Crippen LogP contribution in [-0.4, -0.2) is 51.0 Å². The second-order valence-electron chi connectivity index (χ2n) is 6.81. The summed E-state index contributed by atoms with van der Waals surface area (Å²) in [7, 11) is -3.71. The number of furan rings is 1. The van der Waals surface area contributed by atoms with Gasteiger partial charge in [-0.25, -0.2) is 8.42 Å². The van der Waals surface area contributed by atoms with Crippen LogP contribution >= 0.6 is 15.9 Å². The molecule has 2 heterocycles. The Labute approximate surface area is 184 Å². The van der Waals surface area contributed by atoms with Crippen LogP contribution in [0, 0.1) is 0 Å². The third kappa shape index (κ3) is 5.72. The quantitative estimate of drug-likeness (QED) is 0.586. The van der Waals surface area contributed by atoms with E-state index in [2.05, 4.69) is 21.2 Å². The van der Waals surface area contributed by atoms with Crippen molar-refractivity contribution >= 4 is 43.6 Å². The van der Waals surface area contributed by atoms with Crippen molar-refractivity contribution in [1.29, 1.82) is 0 Å². The van der Waals surface area contributed by atoms with Gasteiger partial charge in [0.15, 0.2) is 4.67 Å². The van der Waals surface area contributed by atoms with Crippen LogP contribution in [0.2, 0.25) is 0 Å². The molecule has 1 saturated heterocycles. The molecule has 1 amide bonds. The summed E-state index contributed by atoms with van der Waals surface area (Å²) >= 11 is 3.20. The van der Waals surface area contributed by atoms with E-state index in [4.69, 9.17) is 13.9 Å². The number of hydrogen-bond donors (Lipinski definition) is 1. The van der Waals surface area contributed by atoms with E-state index < -0.39 is 15.9 Å². The molecule has 0 atom stereocenters. The number of nitrogens with zero attached hydrogens (tertiary/aromatic N) is 1. The Morgan fingerprint density at radius 3 is 2.60 bits per heavy atom. The van der Waals surface area contributed by atoms with Gasteiger partial charge < -0.3 is 19.2 Å². The van der Waals surface area contributed by atoms with Crippen molar-refractivity contribution in [2.45, 2.75) is 24.8 Å². The molecule has 162 valence electrons. The fraction of sp³-hybridized carbons (Fsp3) is 0.350. The lowest BCUT2D eigenvalue weighted by Crippen LogP contribution is -2.40. The maximum Gasteiger partial charge on any atom is 0.248 e. The number of carbonyl (C=O) groups excluding carboxylic acids is 1. The lowest BCUT2D eigenvalue weighted by atomic mass is 10.2. The van der Waals surface area contributed by atoms with E-state index >= 15 is 0 Å². The van der Waals surface area contributed by atoms with Crippen molar-refractivity contribution in [3.05, 3.63) is 46.8 Å². The van der Waals surface area contributed by atoms with E-state index in [9.17, 15) is 13.2 Å². The van der Waals surface area contributed by atoms with Crippen molar-refractivity contribution in [2.75, 3.05) is 31.6 Å². The minimum atomic E-state index is -3.71. The van der Waals surface area contributed by atoms with Crippen LogP contribution in [0.15, 0.2) is 50.4 Å². The molecule has 0 unspecified atom stereocenters. The van der Waals surface area contributed by atoms with Gasteiger partial charge in [-0.05, 0) is 66.2 Å². The molecule has 1 fully saturated rings. The Hall–Kier alpha value is -2.14. The summed E-state index contributed by atoms with van der Waals surface area (Å²) in [6.45, 7) is 4.97. The first kappa shape index (κ1) is 22.5. The Balaban J connectivity index is 1.85. The Morgan fingerprint density at radius 2 is 1.97 bits per heavy atom. The molecule has 1 N–H and O–H groups in total. The monoisotopic (exact) mass is 498 g/mol. The number of anilines is 1. The summed E-state index contributed by atoms with van der Waals surface area (Å²) < 4.78 is 44.1. The van der Waals surface area contributed by atoms with Gasteiger partial charge in [-0.2, -0.15) is 4.31 Å². The Kier molecular flexibility index (Phi) is 7.35. The SMILES string of the molecule is CC(C)Oc1ccc(S(=O)(=O)N2CCOCC2)cc1NC(=O)/C=C/c1ccc(Br)o1. The fourth-order valence-corrected chi connectivity index (χ4v) is 4.56. The zero-order valence-corrected chi connectivity index (χ0v) is 19.0. The molecule has 30 heavy (non-hydrogen) atoms. The molecule has 1 aromatic heterocycles. The van der Waals surface area contributed by atoms with Gasteiger partial charge in [0.1, 0.15) is 11.5 Å². The van der Waals surface area contributed by atoms with E-state index in [0.29, 0.717) is 29.4 Å². The van der Waals surface area contributed by atoms with Crippen molar-refractivity contribution in [3.8, 4) is 5.75 Å². The van der Waals surface area contributed by atoms with Crippen molar-refractivity contribution in [3.63, 3.8) is 0 Å². The van der Waals surface area contributed by atoms with Crippen LogP contribution in [0.5, 0.6) is 5.75 Å². The maximum absolute atomic E-state index is 13.0. The number of amides is 1. The van der Waals surface area contributed by atoms with Crippen LogP contribution < -0.4 is 10.1 Å². The third-order valence-electron chi connectivity index (χ3n) is 4.17. The summed E-state index contributed by atoms with van der Waals surface area (Å²) in [6, 6.07) is 7.87. The molecule has 8 nitrogen and oxygen atoms in total. The molecule has 2 aromatic rings. The van der Waals surface area contributed by atoms with Gasteiger partial charge in [-0.1, -0.05) is 0 Å². The summed E-state index contributed by atoms with van der Waals surface area (Å²) in [4.78, 5) is 12.5. The standard InChI is InChI=1S/C20H23BrN2O6S/c1-14(2)28-18-6-5-16(30(25,26)23-9-11-27-12-10-23)13-17(18)22-20(24)8-4-15-3-7-19(21)29-15/h3-8,13-14H,9-12H2,1-2H3,(H,22,24)/b8-4+. The van der Waals surface area contributed by atoms with Crippen molar-refractivity contribution in [1.82, 2.24) is 4.31 Å². The van der Waals surface area contributed by atoms with Crippen LogP contribution in [0.25, 0.3) is 6.08 Å². The first-order chi connectivity index (χ1) is 14.3. The van der Waals surface area contributed by atoms with Crippen LogP contribution in [0.3, 0.4) is 0 Å². The number of sulfonamides is 1. The van der Waals surface area contributed by atoms with E-state index in [1.54, 1.807) is 18.2 Å². The first-order valence-electron chi connectivity index (χ1n) is 9.39. The van der Waals surface area contributed by atoms with Gasteiger partial charge >= 0.3 is 0 Å². The highest BCUT2D eigenvalue weighted by molar-refractivity contribution is 9.10. The van der Waals surface area contributed by atoms with Crippen LogP contribution in [0.1, 0.15) is 19.6 Å². The van der Waals surface area contributed by atoms with Crippen LogP contribution in [-0.2, 0) is 19.6 Å². The number of hydrogen-bond acceptors (Lipinski definition) is 6. The Bertz CT molecular complexity index is 1030. The fourth-order valence-electron chi connectivity index (χ4n) is 2.81. The summed E-state index contributed by atoms with van der Waals surface area (Å²) in [5.74, 6) is 0.435. The highest BCUT2D eigenvalue weighted by atomic mass is 79.9. The third-order valence-corrected chi connectivity index (χ3v) is 6.49. The topological polar surface area (TPSA) is 98.1 Å². The summed E-state index contributed by atoms with van der Waals surface area (Å²) in [6.07, 6.45) is 2.66. The van der Waals surface area contributed by atoms with E-state index in [0.717, 1.165) is 0 Å². The minimum absolute atomic E-state index is 0.0785. The second-order valence-corrected chi connectivity index (χ2v) is 9.53. The Morgan fingerprint density at radius 1 is 1.23 bits per heavy atom. The first-order valence-corrected chi connectivity index (χ1v) is 11.6. The predicted octanol–water partition coefficient (Wildman–Crippen LogP) is 3.50. The average Bonchev–Trinajstić information content (AvgIpc) is 3.13. The number of halogens is 1. The number of carbonyl (C=O) groups is 1. The van der Waals surface area contributed by atoms with E-state index in [1.165, 1.54) is 28.6 Å². The molecular weight excluding hydrogens is 476 g/mol. The number of benzene rings is 1. The lowest BCUT2D eigenvalue weighted by molar-refractivity contribution is -0.111. The molecule has 0 radical (unpaired) electrons. The van der Waals surface area contributed by atoms with Gasteiger partial charge in [-0.3, -0.25) is 4.79 Å². The minimum Gasteiger partial charge on any atom is -0.489 e. The van der Waals surface area contributed by atoms with Gasteiger partial charge in [0.25, 0.3) is 0 Å². The van der Waals surface area contributed by atoms with Gasteiger partial charge in [0.05, 0.1) is 29.9 Å². The molecule has 1 aliphatic rings. The number of ether oxygens (including phenoxy) is 2.